The van der Waals surface area contributed by atoms with Crippen LogP contribution in [-0.4, -0.2) is 71.7 Å². The number of carbonyl (C=O) groups excluding carboxylic acids is 3. The van der Waals surface area contributed by atoms with Gasteiger partial charge < -0.3 is 15.1 Å². The van der Waals surface area contributed by atoms with Crippen molar-refractivity contribution in [2.75, 3.05) is 39.3 Å². The largest absolute Gasteiger partial charge is 0.351 e. The maximum Gasteiger partial charge on any atom is 0.234 e. The van der Waals surface area contributed by atoms with E-state index in [0.29, 0.717) is 52.4 Å². The van der Waals surface area contributed by atoms with Gasteiger partial charge in [-0.25, -0.2) is 0 Å². The number of hydrogen-bond donors (Lipinski definition) is 1. The molecule has 2 aromatic carbocycles. The van der Waals surface area contributed by atoms with Crippen LogP contribution in [0.3, 0.4) is 0 Å². The summed E-state index contributed by atoms with van der Waals surface area (Å²) in [6.07, 6.45) is 0.285. The molecule has 2 fully saturated rings. The lowest BCUT2D eigenvalue weighted by molar-refractivity contribution is -0.137. The van der Waals surface area contributed by atoms with Crippen LogP contribution in [0.2, 0.25) is 0 Å². The smallest absolute Gasteiger partial charge is 0.234 e. The molecule has 0 bridgehead atoms. The number of piperazine rings is 1. The molecule has 7 nitrogen and oxygen atoms in total. The molecule has 2 aliphatic heterocycles. The van der Waals surface area contributed by atoms with Crippen molar-refractivity contribution in [3.8, 4) is 0 Å². The molecule has 1 unspecified atom stereocenters. The molecule has 0 radical (unpaired) electrons. The van der Waals surface area contributed by atoms with E-state index in [1.165, 1.54) is 5.56 Å². The maximum atomic E-state index is 13.0. The van der Waals surface area contributed by atoms with Crippen LogP contribution in [0.15, 0.2) is 54.6 Å². The fourth-order valence-electron chi connectivity index (χ4n) is 4.44. The second-order valence-electron chi connectivity index (χ2n) is 9.02. The van der Waals surface area contributed by atoms with E-state index in [1.807, 2.05) is 66.4 Å². The minimum absolute atomic E-state index is 0.00762. The summed E-state index contributed by atoms with van der Waals surface area (Å²) in [7, 11) is 0. The number of benzene rings is 2. The fourth-order valence-corrected chi connectivity index (χ4v) is 4.44. The van der Waals surface area contributed by atoms with Gasteiger partial charge in [0.05, 0.1) is 12.5 Å². The van der Waals surface area contributed by atoms with Crippen molar-refractivity contribution < 1.29 is 14.4 Å². The van der Waals surface area contributed by atoms with Crippen LogP contribution in [0, 0.1) is 12.8 Å². The summed E-state index contributed by atoms with van der Waals surface area (Å²) in [5.74, 6) is -0.180. The van der Waals surface area contributed by atoms with Crippen LogP contribution in [0.1, 0.15) is 23.1 Å². The molecule has 4 rings (SSSR count). The molecule has 3 amide bonds. The number of amides is 3. The van der Waals surface area contributed by atoms with Crippen LogP contribution >= 0.6 is 0 Å². The van der Waals surface area contributed by atoms with Gasteiger partial charge >= 0.3 is 0 Å². The Bertz CT molecular complexity index is 969. The standard InChI is InChI=1S/C26H32N4O3/c1-20-7-9-22(10-8-20)17-30-18-23(15-25(30)32)26(33)29-13-11-28(12-14-29)19-24(31)27-16-21-5-3-2-4-6-21/h2-10,23H,11-19H2,1H3,(H,27,31). The van der Waals surface area contributed by atoms with E-state index in [1.54, 1.807) is 4.90 Å². The lowest BCUT2D eigenvalue weighted by Crippen LogP contribution is -2.52. The number of aryl methyl sites for hydroxylation is 1. The van der Waals surface area contributed by atoms with Gasteiger partial charge in [-0.3, -0.25) is 19.3 Å². The van der Waals surface area contributed by atoms with Crippen molar-refractivity contribution >= 4 is 17.7 Å². The minimum atomic E-state index is -0.274. The summed E-state index contributed by atoms with van der Waals surface area (Å²) in [5, 5.41) is 2.95. The van der Waals surface area contributed by atoms with E-state index in [-0.39, 0.29) is 30.1 Å². The highest BCUT2D eigenvalue weighted by Gasteiger charge is 2.37. The SMILES string of the molecule is Cc1ccc(CN2CC(C(=O)N3CCN(CC(=O)NCc4ccccc4)CC3)CC2=O)cc1. The fraction of sp³-hybridized carbons (Fsp3) is 0.423. The summed E-state index contributed by atoms with van der Waals surface area (Å²) in [5.41, 5.74) is 3.34. The molecular formula is C26H32N4O3. The second-order valence-corrected chi connectivity index (χ2v) is 9.02. The zero-order chi connectivity index (χ0) is 23.2. The Morgan fingerprint density at radius 1 is 0.939 bits per heavy atom. The molecular weight excluding hydrogens is 416 g/mol. The third-order valence-corrected chi connectivity index (χ3v) is 6.44. The predicted molar refractivity (Wildman–Crippen MR) is 126 cm³/mol. The number of rotatable bonds is 7. The molecule has 2 aliphatic rings. The van der Waals surface area contributed by atoms with Crippen molar-refractivity contribution in [1.29, 1.82) is 0 Å². The van der Waals surface area contributed by atoms with E-state index in [4.69, 9.17) is 0 Å². The topological polar surface area (TPSA) is 73.0 Å². The van der Waals surface area contributed by atoms with Crippen LogP contribution in [0.25, 0.3) is 0 Å². The lowest BCUT2D eigenvalue weighted by atomic mass is 10.1. The molecule has 2 aromatic rings. The first-order valence-corrected chi connectivity index (χ1v) is 11.6. The molecule has 0 aromatic heterocycles. The average molecular weight is 449 g/mol. The number of likely N-dealkylation sites (tertiary alicyclic amines) is 1. The van der Waals surface area contributed by atoms with Crippen molar-refractivity contribution in [3.05, 3.63) is 71.3 Å². The van der Waals surface area contributed by atoms with Crippen molar-refractivity contribution in [1.82, 2.24) is 20.0 Å². The highest BCUT2D eigenvalue weighted by atomic mass is 16.2. The normalized spacial score (nSPS) is 19.1. The first kappa shape index (κ1) is 23.0. The van der Waals surface area contributed by atoms with Gasteiger partial charge in [0.25, 0.3) is 0 Å². The Balaban J connectivity index is 1.20. The zero-order valence-corrected chi connectivity index (χ0v) is 19.2. The first-order chi connectivity index (χ1) is 16.0. The minimum Gasteiger partial charge on any atom is -0.351 e. The van der Waals surface area contributed by atoms with Gasteiger partial charge in [0.2, 0.25) is 17.7 Å². The Morgan fingerprint density at radius 2 is 1.64 bits per heavy atom. The highest BCUT2D eigenvalue weighted by Crippen LogP contribution is 2.23. The Labute approximate surface area is 195 Å². The van der Waals surface area contributed by atoms with Crippen molar-refractivity contribution in [3.63, 3.8) is 0 Å². The number of hydrogen-bond acceptors (Lipinski definition) is 4. The summed E-state index contributed by atoms with van der Waals surface area (Å²) >= 11 is 0. The Morgan fingerprint density at radius 3 is 2.33 bits per heavy atom. The van der Waals surface area contributed by atoms with Crippen LogP contribution in [-0.2, 0) is 27.5 Å². The maximum absolute atomic E-state index is 13.0. The molecule has 1 atom stereocenters. The van der Waals surface area contributed by atoms with Gasteiger partial charge in [-0.05, 0) is 18.1 Å². The van der Waals surface area contributed by atoms with Gasteiger partial charge in [-0.2, -0.15) is 0 Å². The van der Waals surface area contributed by atoms with Crippen LogP contribution in [0.5, 0.6) is 0 Å². The van der Waals surface area contributed by atoms with Crippen LogP contribution in [0.4, 0.5) is 0 Å². The lowest BCUT2D eigenvalue weighted by Gasteiger charge is -2.35. The van der Waals surface area contributed by atoms with Gasteiger partial charge in [0, 0.05) is 52.2 Å². The molecule has 2 saturated heterocycles. The second kappa shape index (κ2) is 10.6. The first-order valence-electron chi connectivity index (χ1n) is 11.6. The molecule has 0 saturated carbocycles. The molecule has 2 heterocycles. The van der Waals surface area contributed by atoms with Gasteiger partial charge in [-0.15, -0.1) is 0 Å². The van der Waals surface area contributed by atoms with Gasteiger partial charge in [0.15, 0.2) is 0 Å². The molecule has 0 spiro atoms. The highest BCUT2D eigenvalue weighted by molar-refractivity contribution is 5.89. The van der Waals surface area contributed by atoms with E-state index in [2.05, 4.69) is 10.2 Å². The number of nitrogens with zero attached hydrogens (tertiary/aromatic N) is 3. The van der Waals surface area contributed by atoms with Crippen LogP contribution < -0.4 is 5.32 Å². The van der Waals surface area contributed by atoms with E-state index in [9.17, 15) is 14.4 Å². The third kappa shape index (κ3) is 6.20. The quantitative estimate of drug-likeness (QED) is 0.701. The van der Waals surface area contributed by atoms with E-state index >= 15 is 0 Å². The molecule has 33 heavy (non-hydrogen) atoms. The molecule has 7 heteroatoms. The zero-order valence-electron chi connectivity index (χ0n) is 19.2. The summed E-state index contributed by atoms with van der Waals surface area (Å²) in [6, 6.07) is 18.0. The van der Waals surface area contributed by atoms with E-state index < -0.39 is 0 Å². The van der Waals surface area contributed by atoms with Crippen molar-refractivity contribution in [2.24, 2.45) is 5.92 Å². The number of carbonyl (C=O) groups is 3. The molecule has 174 valence electrons. The third-order valence-electron chi connectivity index (χ3n) is 6.44. The molecule has 0 aliphatic carbocycles. The van der Waals surface area contributed by atoms with E-state index in [0.717, 1.165) is 11.1 Å². The van der Waals surface area contributed by atoms with Crippen molar-refractivity contribution in [2.45, 2.75) is 26.4 Å². The molecule has 1 N–H and O–H groups in total. The average Bonchev–Trinajstić information content (AvgIpc) is 3.20. The summed E-state index contributed by atoms with van der Waals surface area (Å²) < 4.78 is 0. The summed E-state index contributed by atoms with van der Waals surface area (Å²) in [4.78, 5) is 43.5. The number of nitrogens with one attached hydrogen (secondary N) is 1. The predicted octanol–water partition coefficient (Wildman–Crippen LogP) is 1.80. The van der Waals surface area contributed by atoms with Gasteiger partial charge in [0.1, 0.15) is 0 Å². The summed E-state index contributed by atoms with van der Waals surface area (Å²) in [6.45, 7) is 6.43. The Kier molecular flexibility index (Phi) is 7.40. The monoisotopic (exact) mass is 448 g/mol. The van der Waals surface area contributed by atoms with Gasteiger partial charge in [-0.1, -0.05) is 60.2 Å². The Hall–Kier alpha value is -3.19.